The summed E-state index contributed by atoms with van der Waals surface area (Å²) in [5.74, 6) is 1.35. The van der Waals surface area contributed by atoms with Crippen molar-refractivity contribution < 1.29 is 10.0 Å². The number of rotatable bonds is 1. The second-order valence-electron chi connectivity index (χ2n) is 6.46. The molecule has 2 fully saturated rings. The van der Waals surface area contributed by atoms with Gasteiger partial charge in [0.05, 0.1) is 10.8 Å². The summed E-state index contributed by atoms with van der Waals surface area (Å²) in [4.78, 5) is 23.0. The maximum atomic E-state index is 12.4. The van der Waals surface area contributed by atoms with E-state index in [1.54, 1.807) is 12.3 Å². The average Bonchev–Trinajstić information content (AvgIpc) is 2.90. The number of carbonyl (C=O) groups is 1. The van der Waals surface area contributed by atoms with E-state index in [1.807, 2.05) is 6.92 Å². The second-order valence-corrected chi connectivity index (χ2v) is 6.46. The van der Waals surface area contributed by atoms with Crippen molar-refractivity contribution in [1.82, 2.24) is 20.0 Å². The molecule has 2 aromatic heterocycles. The Morgan fingerprint density at radius 3 is 3.14 bits per heavy atom. The van der Waals surface area contributed by atoms with Gasteiger partial charge in [0.15, 0.2) is 5.65 Å². The van der Waals surface area contributed by atoms with Crippen LogP contribution in [0.15, 0.2) is 18.6 Å². The maximum absolute atomic E-state index is 12.4. The van der Waals surface area contributed by atoms with Crippen LogP contribution >= 0.6 is 0 Å². The third-order valence-corrected chi connectivity index (χ3v) is 5.21. The molecule has 0 radical (unpaired) electrons. The molecule has 4 heterocycles. The molecule has 7 nitrogen and oxygen atoms in total. The van der Waals surface area contributed by atoms with Crippen molar-refractivity contribution in [2.45, 2.75) is 19.8 Å². The number of nitrogens with one attached hydrogen (secondary N) is 1. The number of aromatic nitrogens is 3. The summed E-state index contributed by atoms with van der Waals surface area (Å²) < 4.78 is 1.00. The van der Waals surface area contributed by atoms with Crippen LogP contribution < -0.4 is 10.2 Å². The molecule has 22 heavy (non-hydrogen) atoms. The molecule has 7 heteroatoms. The first kappa shape index (κ1) is 13.4. The van der Waals surface area contributed by atoms with E-state index in [-0.39, 0.29) is 11.3 Å². The SMILES string of the molecule is CC12CN(c3ncnc4c3ccn4O)CCC1CCNC2=O. The number of hydrogen-bond donors (Lipinski definition) is 2. The molecule has 2 aromatic rings. The van der Waals surface area contributed by atoms with E-state index in [2.05, 4.69) is 20.2 Å². The van der Waals surface area contributed by atoms with Gasteiger partial charge in [-0.15, -0.1) is 0 Å². The van der Waals surface area contributed by atoms with E-state index in [0.717, 1.165) is 41.9 Å². The maximum Gasteiger partial charge on any atom is 0.228 e. The zero-order chi connectivity index (χ0) is 15.3. The zero-order valence-corrected chi connectivity index (χ0v) is 12.5. The van der Waals surface area contributed by atoms with Crippen molar-refractivity contribution in [3.8, 4) is 0 Å². The smallest absolute Gasteiger partial charge is 0.228 e. The highest BCUT2D eigenvalue weighted by molar-refractivity contribution is 5.89. The standard InChI is InChI=1S/C15H19N5O2/c1-15-8-19(6-3-10(15)2-5-16-14(15)21)12-11-4-7-20(22)13(11)18-9-17-12/h4,7,9-10,22H,2-3,5-6,8H2,1H3,(H,16,21). The lowest BCUT2D eigenvalue weighted by molar-refractivity contribution is -0.136. The van der Waals surface area contributed by atoms with Crippen LogP contribution in [0.1, 0.15) is 19.8 Å². The lowest BCUT2D eigenvalue weighted by Crippen LogP contribution is -2.59. The summed E-state index contributed by atoms with van der Waals surface area (Å²) in [6.45, 7) is 4.35. The molecule has 0 aromatic carbocycles. The molecule has 0 bridgehead atoms. The molecule has 0 aliphatic carbocycles. The molecule has 4 rings (SSSR count). The highest BCUT2D eigenvalue weighted by atomic mass is 16.5. The summed E-state index contributed by atoms with van der Waals surface area (Å²) in [6.07, 6.45) is 5.04. The Morgan fingerprint density at radius 1 is 1.41 bits per heavy atom. The summed E-state index contributed by atoms with van der Waals surface area (Å²) in [7, 11) is 0. The molecule has 0 spiro atoms. The van der Waals surface area contributed by atoms with Crippen molar-refractivity contribution in [2.24, 2.45) is 11.3 Å². The van der Waals surface area contributed by atoms with Crippen LogP contribution in [0.3, 0.4) is 0 Å². The molecule has 2 atom stereocenters. The number of anilines is 1. The van der Waals surface area contributed by atoms with Crippen molar-refractivity contribution in [3.05, 3.63) is 18.6 Å². The largest absolute Gasteiger partial charge is 0.427 e. The first-order valence-electron chi connectivity index (χ1n) is 7.64. The summed E-state index contributed by atoms with van der Waals surface area (Å²) in [5, 5.41) is 13.6. The van der Waals surface area contributed by atoms with Gasteiger partial charge in [0, 0.05) is 25.8 Å². The number of piperidine rings is 2. The topological polar surface area (TPSA) is 83.3 Å². The number of carbonyl (C=O) groups excluding carboxylic acids is 1. The van der Waals surface area contributed by atoms with Crippen LogP contribution in [-0.4, -0.2) is 45.4 Å². The van der Waals surface area contributed by atoms with Gasteiger partial charge in [-0.25, -0.2) is 9.97 Å². The van der Waals surface area contributed by atoms with E-state index in [1.165, 1.54) is 6.33 Å². The van der Waals surface area contributed by atoms with E-state index in [9.17, 15) is 10.0 Å². The van der Waals surface area contributed by atoms with Gasteiger partial charge < -0.3 is 15.4 Å². The van der Waals surface area contributed by atoms with Gasteiger partial charge in [-0.3, -0.25) is 4.79 Å². The zero-order valence-electron chi connectivity index (χ0n) is 12.5. The van der Waals surface area contributed by atoms with Crippen molar-refractivity contribution in [2.75, 3.05) is 24.5 Å². The Kier molecular flexibility index (Phi) is 2.79. The summed E-state index contributed by atoms with van der Waals surface area (Å²) in [5.41, 5.74) is 0.112. The summed E-state index contributed by atoms with van der Waals surface area (Å²) in [6, 6.07) is 1.81. The predicted molar refractivity (Wildman–Crippen MR) is 80.8 cm³/mol. The third-order valence-electron chi connectivity index (χ3n) is 5.21. The predicted octanol–water partition coefficient (Wildman–Crippen LogP) is 1.02. The van der Waals surface area contributed by atoms with Gasteiger partial charge in [-0.05, 0) is 31.7 Å². The molecule has 2 saturated heterocycles. The van der Waals surface area contributed by atoms with Gasteiger partial charge in [0.2, 0.25) is 5.91 Å². The van der Waals surface area contributed by atoms with Gasteiger partial charge >= 0.3 is 0 Å². The molecule has 116 valence electrons. The Hall–Kier alpha value is -2.31. The minimum Gasteiger partial charge on any atom is -0.427 e. The molecule has 2 N–H and O–H groups in total. The van der Waals surface area contributed by atoms with Gasteiger partial charge in [-0.1, -0.05) is 0 Å². The van der Waals surface area contributed by atoms with Crippen LogP contribution in [0, 0.1) is 11.3 Å². The fourth-order valence-electron chi connectivity index (χ4n) is 3.87. The molecular formula is C15H19N5O2. The highest BCUT2D eigenvalue weighted by Crippen LogP contribution is 2.41. The quantitative estimate of drug-likeness (QED) is 0.768. The number of nitrogens with zero attached hydrogens (tertiary/aromatic N) is 4. The Balaban J connectivity index is 1.72. The number of amides is 1. The Morgan fingerprint density at radius 2 is 2.27 bits per heavy atom. The van der Waals surface area contributed by atoms with Gasteiger partial charge in [0.1, 0.15) is 12.1 Å². The Labute approximate surface area is 127 Å². The van der Waals surface area contributed by atoms with E-state index in [4.69, 9.17) is 0 Å². The van der Waals surface area contributed by atoms with Crippen molar-refractivity contribution in [1.29, 1.82) is 0 Å². The Bertz CT molecular complexity index is 743. The molecular weight excluding hydrogens is 282 g/mol. The second kappa shape index (κ2) is 4.59. The fourth-order valence-corrected chi connectivity index (χ4v) is 3.87. The van der Waals surface area contributed by atoms with Crippen molar-refractivity contribution in [3.63, 3.8) is 0 Å². The molecule has 2 aliphatic rings. The molecule has 0 saturated carbocycles. The van der Waals surface area contributed by atoms with Crippen LogP contribution in [0.4, 0.5) is 5.82 Å². The minimum absolute atomic E-state index is 0.137. The summed E-state index contributed by atoms with van der Waals surface area (Å²) >= 11 is 0. The molecule has 1 amide bonds. The number of fused-ring (bicyclic) bond motifs is 2. The first-order chi connectivity index (χ1) is 10.6. The van der Waals surface area contributed by atoms with E-state index < -0.39 is 0 Å². The minimum atomic E-state index is -0.379. The van der Waals surface area contributed by atoms with Crippen LogP contribution in [0.5, 0.6) is 0 Å². The highest BCUT2D eigenvalue weighted by Gasteiger charge is 2.47. The monoisotopic (exact) mass is 301 g/mol. The fraction of sp³-hybridized carbons (Fsp3) is 0.533. The van der Waals surface area contributed by atoms with E-state index >= 15 is 0 Å². The van der Waals surface area contributed by atoms with Crippen LogP contribution in [-0.2, 0) is 4.79 Å². The van der Waals surface area contributed by atoms with Gasteiger partial charge in [0.25, 0.3) is 0 Å². The molecule has 2 aliphatic heterocycles. The third kappa shape index (κ3) is 1.77. The van der Waals surface area contributed by atoms with Crippen LogP contribution in [0.25, 0.3) is 11.0 Å². The lowest BCUT2D eigenvalue weighted by Gasteiger charge is -2.48. The van der Waals surface area contributed by atoms with Crippen molar-refractivity contribution >= 4 is 22.8 Å². The number of hydrogen-bond acceptors (Lipinski definition) is 5. The normalized spacial score (nSPS) is 28.5. The van der Waals surface area contributed by atoms with Crippen LogP contribution in [0.2, 0.25) is 0 Å². The lowest BCUT2D eigenvalue weighted by atomic mass is 9.68. The van der Waals surface area contributed by atoms with Gasteiger partial charge in [-0.2, -0.15) is 4.73 Å². The molecule has 2 unspecified atom stereocenters. The van der Waals surface area contributed by atoms with E-state index in [0.29, 0.717) is 18.1 Å². The first-order valence-corrected chi connectivity index (χ1v) is 7.64. The average molecular weight is 301 g/mol.